The van der Waals surface area contributed by atoms with Crippen LogP contribution in [0.2, 0.25) is 0 Å². The standard InChI is InChI=1S/C25H27NO6/c1-15(17-10-8-7-9-11-17)26-16(2)21(25(28)32-6)19(24(26)27)14-18-12-13-20(29-3)23(31-5)22(18)30-4/h7-15H,1-6H3/b19-14-/t15-/m0/s1. The van der Waals surface area contributed by atoms with Crippen LogP contribution in [-0.2, 0) is 14.3 Å². The van der Waals surface area contributed by atoms with Crippen molar-refractivity contribution < 1.29 is 28.5 Å². The van der Waals surface area contributed by atoms with Crippen LogP contribution in [0.25, 0.3) is 6.08 Å². The fraction of sp³-hybridized carbons (Fsp3) is 0.280. The summed E-state index contributed by atoms with van der Waals surface area (Å²) in [6.45, 7) is 3.67. The average molecular weight is 437 g/mol. The van der Waals surface area contributed by atoms with Crippen LogP contribution in [0.1, 0.15) is 31.0 Å². The molecule has 1 aliphatic rings. The molecule has 168 valence electrons. The molecule has 32 heavy (non-hydrogen) atoms. The third-order valence-electron chi connectivity index (χ3n) is 5.53. The number of nitrogens with zero attached hydrogens (tertiary/aromatic N) is 1. The van der Waals surface area contributed by atoms with E-state index < -0.39 is 5.97 Å². The van der Waals surface area contributed by atoms with Crippen molar-refractivity contribution >= 4 is 18.0 Å². The summed E-state index contributed by atoms with van der Waals surface area (Å²) in [6.07, 6.45) is 1.62. The Labute approximate surface area is 187 Å². The zero-order valence-corrected chi connectivity index (χ0v) is 19.1. The van der Waals surface area contributed by atoms with Gasteiger partial charge in [-0.1, -0.05) is 30.3 Å². The first-order valence-electron chi connectivity index (χ1n) is 10.1. The van der Waals surface area contributed by atoms with Gasteiger partial charge in [-0.05, 0) is 37.6 Å². The molecule has 0 N–H and O–H groups in total. The van der Waals surface area contributed by atoms with E-state index in [9.17, 15) is 9.59 Å². The van der Waals surface area contributed by atoms with Gasteiger partial charge in [-0.15, -0.1) is 0 Å². The quantitative estimate of drug-likeness (QED) is 0.479. The Bertz CT molecular complexity index is 1090. The molecular formula is C25H27NO6. The van der Waals surface area contributed by atoms with E-state index in [0.717, 1.165) is 5.56 Å². The van der Waals surface area contributed by atoms with Crippen LogP contribution < -0.4 is 14.2 Å². The molecule has 0 unspecified atom stereocenters. The number of amides is 1. The number of hydrogen-bond donors (Lipinski definition) is 0. The van der Waals surface area contributed by atoms with Gasteiger partial charge in [0.25, 0.3) is 5.91 Å². The normalized spacial score (nSPS) is 15.8. The van der Waals surface area contributed by atoms with Gasteiger partial charge in [-0.25, -0.2) is 4.79 Å². The molecule has 2 aromatic rings. The molecule has 1 amide bonds. The monoisotopic (exact) mass is 437 g/mol. The van der Waals surface area contributed by atoms with Gasteiger partial charge in [0.05, 0.1) is 45.6 Å². The number of methoxy groups -OCH3 is 4. The lowest BCUT2D eigenvalue weighted by atomic mass is 10.0. The van der Waals surface area contributed by atoms with Crippen molar-refractivity contribution in [2.45, 2.75) is 19.9 Å². The average Bonchev–Trinajstić information content (AvgIpc) is 3.07. The molecule has 0 aromatic heterocycles. The maximum atomic E-state index is 13.6. The summed E-state index contributed by atoms with van der Waals surface area (Å²) < 4.78 is 21.3. The lowest BCUT2D eigenvalue weighted by Gasteiger charge is -2.26. The highest BCUT2D eigenvalue weighted by Crippen LogP contribution is 2.43. The van der Waals surface area contributed by atoms with Crippen molar-refractivity contribution in [2.75, 3.05) is 28.4 Å². The number of benzene rings is 2. The maximum Gasteiger partial charge on any atom is 0.340 e. The number of allylic oxidation sites excluding steroid dienone is 1. The molecule has 0 aliphatic carbocycles. The van der Waals surface area contributed by atoms with E-state index in [1.54, 1.807) is 30.0 Å². The minimum Gasteiger partial charge on any atom is -0.493 e. The number of esters is 1. The molecule has 1 heterocycles. The molecule has 0 fully saturated rings. The van der Waals surface area contributed by atoms with Gasteiger partial charge in [0, 0.05) is 11.3 Å². The van der Waals surface area contributed by atoms with Crippen LogP contribution >= 0.6 is 0 Å². The van der Waals surface area contributed by atoms with Crippen LogP contribution in [0.5, 0.6) is 17.2 Å². The van der Waals surface area contributed by atoms with Crippen LogP contribution in [0, 0.1) is 0 Å². The number of rotatable bonds is 7. The minimum atomic E-state index is -0.579. The first-order chi connectivity index (χ1) is 15.4. The lowest BCUT2D eigenvalue weighted by molar-refractivity contribution is -0.136. The predicted octanol–water partition coefficient (Wildman–Crippen LogP) is 4.15. The van der Waals surface area contributed by atoms with Gasteiger partial charge in [0.15, 0.2) is 11.5 Å². The van der Waals surface area contributed by atoms with Gasteiger partial charge in [-0.2, -0.15) is 0 Å². The fourth-order valence-electron chi connectivity index (χ4n) is 3.94. The minimum absolute atomic E-state index is 0.220. The highest BCUT2D eigenvalue weighted by atomic mass is 16.5. The maximum absolute atomic E-state index is 13.6. The molecule has 3 rings (SSSR count). The first-order valence-corrected chi connectivity index (χ1v) is 10.1. The molecular weight excluding hydrogens is 410 g/mol. The van der Waals surface area contributed by atoms with Gasteiger partial charge < -0.3 is 23.8 Å². The van der Waals surface area contributed by atoms with Crippen molar-refractivity contribution in [1.29, 1.82) is 0 Å². The highest BCUT2D eigenvalue weighted by molar-refractivity contribution is 6.16. The summed E-state index contributed by atoms with van der Waals surface area (Å²) in [4.78, 5) is 27.8. The van der Waals surface area contributed by atoms with Gasteiger partial charge in [0.2, 0.25) is 5.75 Å². The molecule has 7 heteroatoms. The Morgan fingerprint density at radius 2 is 1.59 bits per heavy atom. The van der Waals surface area contributed by atoms with E-state index in [4.69, 9.17) is 18.9 Å². The Morgan fingerprint density at radius 1 is 0.938 bits per heavy atom. The summed E-state index contributed by atoms with van der Waals surface area (Å²) in [6, 6.07) is 12.8. The number of carbonyl (C=O) groups excluding carboxylic acids is 2. The largest absolute Gasteiger partial charge is 0.493 e. The fourth-order valence-corrected chi connectivity index (χ4v) is 3.94. The van der Waals surface area contributed by atoms with Crippen molar-refractivity contribution in [3.63, 3.8) is 0 Å². The van der Waals surface area contributed by atoms with Crippen LogP contribution in [0.15, 0.2) is 59.3 Å². The lowest BCUT2D eigenvalue weighted by Crippen LogP contribution is -2.28. The number of carbonyl (C=O) groups is 2. The molecule has 0 radical (unpaired) electrons. The predicted molar refractivity (Wildman–Crippen MR) is 120 cm³/mol. The van der Waals surface area contributed by atoms with Gasteiger partial charge >= 0.3 is 5.97 Å². The molecule has 0 bridgehead atoms. The van der Waals surface area contributed by atoms with Gasteiger partial charge in [0.1, 0.15) is 0 Å². The molecule has 0 spiro atoms. The van der Waals surface area contributed by atoms with Crippen molar-refractivity contribution in [2.24, 2.45) is 0 Å². The third kappa shape index (κ3) is 3.93. The second-order valence-electron chi connectivity index (χ2n) is 7.20. The zero-order valence-electron chi connectivity index (χ0n) is 19.1. The van der Waals surface area contributed by atoms with E-state index in [-0.39, 0.29) is 23.1 Å². The summed E-state index contributed by atoms with van der Waals surface area (Å²) in [5, 5.41) is 0. The Morgan fingerprint density at radius 3 is 2.16 bits per heavy atom. The topological polar surface area (TPSA) is 74.3 Å². The van der Waals surface area contributed by atoms with E-state index in [0.29, 0.717) is 28.5 Å². The van der Waals surface area contributed by atoms with E-state index in [1.165, 1.54) is 28.4 Å². The van der Waals surface area contributed by atoms with Crippen LogP contribution in [-0.4, -0.2) is 45.2 Å². The van der Waals surface area contributed by atoms with E-state index >= 15 is 0 Å². The van der Waals surface area contributed by atoms with Crippen molar-refractivity contribution in [1.82, 2.24) is 4.90 Å². The summed E-state index contributed by atoms with van der Waals surface area (Å²) in [7, 11) is 5.83. The van der Waals surface area contributed by atoms with E-state index in [2.05, 4.69) is 0 Å². The van der Waals surface area contributed by atoms with E-state index in [1.807, 2.05) is 37.3 Å². The Kier molecular flexibility index (Phi) is 6.88. The SMILES string of the molecule is COC(=O)C1=C(C)N([C@@H](C)c2ccccc2)C(=O)/C1=C\c1ccc(OC)c(OC)c1OC. The smallest absolute Gasteiger partial charge is 0.340 e. The third-order valence-corrected chi connectivity index (χ3v) is 5.53. The summed E-state index contributed by atoms with van der Waals surface area (Å²) in [5.41, 5.74) is 2.50. The number of hydrogen-bond acceptors (Lipinski definition) is 6. The van der Waals surface area contributed by atoms with Crippen molar-refractivity contribution in [3.05, 3.63) is 70.4 Å². The molecule has 1 atom stereocenters. The van der Waals surface area contributed by atoms with Crippen LogP contribution in [0.4, 0.5) is 0 Å². The highest BCUT2D eigenvalue weighted by Gasteiger charge is 2.39. The first kappa shape index (κ1) is 22.9. The second kappa shape index (κ2) is 9.60. The Hall–Kier alpha value is -3.74. The van der Waals surface area contributed by atoms with Crippen molar-refractivity contribution in [3.8, 4) is 17.2 Å². The zero-order chi connectivity index (χ0) is 23.4. The molecule has 1 aliphatic heterocycles. The summed E-state index contributed by atoms with van der Waals surface area (Å²) >= 11 is 0. The van der Waals surface area contributed by atoms with Gasteiger partial charge in [-0.3, -0.25) is 4.79 Å². The molecule has 0 saturated heterocycles. The summed E-state index contributed by atoms with van der Waals surface area (Å²) in [5.74, 6) is 0.400. The second-order valence-corrected chi connectivity index (χ2v) is 7.20. The molecule has 2 aromatic carbocycles. The van der Waals surface area contributed by atoms with Crippen LogP contribution in [0.3, 0.4) is 0 Å². The molecule has 7 nitrogen and oxygen atoms in total. The molecule has 0 saturated carbocycles. The number of ether oxygens (including phenoxy) is 4. The Balaban J connectivity index is 2.17.